The molecule has 28 heavy (non-hydrogen) atoms. The fourth-order valence-corrected chi connectivity index (χ4v) is 3.25. The average molecular weight is 375 g/mol. The van der Waals surface area contributed by atoms with Gasteiger partial charge in [-0.2, -0.15) is 0 Å². The minimum absolute atomic E-state index is 0.0836. The van der Waals surface area contributed by atoms with Crippen LogP contribution < -0.4 is 19.5 Å². The van der Waals surface area contributed by atoms with E-state index in [-0.39, 0.29) is 12.5 Å². The second-order valence-corrected chi connectivity index (χ2v) is 6.32. The second kappa shape index (κ2) is 6.38. The monoisotopic (exact) mass is 375 g/mol. The zero-order valence-corrected chi connectivity index (χ0v) is 15.0. The van der Waals surface area contributed by atoms with Gasteiger partial charge in [-0.05, 0) is 42.5 Å². The maximum Gasteiger partial charge on any atom is 0.231 e. The number of phenolic OH excluding ortho intramolecular Hbond substituents is 1. The molecule has 0 fully saturated rings. The average Bonchev–Trinajstić information content (AvgIpc) is 3.33. The van der Waals surface area contributed by atoms with E-state index in [4.69, 9.17) is 19.2 Å². The van der Waals surface area contributed by atoms with Crippen molar-refractivity contribution in [3.05, 3.63) is 60.8 Å². The summed E-state index contributed by atoms with van der Waals surface area (Å²) in [5, 5.41) is 13.4. The van der Waals surface area contributed by atoms with Gasteiger partial charge in [-0.3, -0.25) is 4.40 Å². The van der Waals surface area contributed by atoms with Crippen molar-refractivity contribution in [1.29, 1.82) is 0 Å². The van der Waals surface area contributed by atoms with Crippen LogP contribution in [-0.2, 0) is 0 Å². The first-order valence-electron chi connectivity index (χ1n) is 8.74. The van der Waals surface area contributed by atoms with Crippen molar-refractivity contribution in [3.8, 4) is 34.3 Å². The van der Waals surface area contributed by atoms with E-state index in [1.165, 1.54) is 7.11 Å². The van der Waals surface area contributed by atoms with Gasteiger partial charge in [0, 0.05) is 23.5 Å². The Hall–Kier alpha value is -3.87. The summed E-state index contributed by atoms with van der Waals surface area (Å²) < 4.78 is 18.1. The van der Waals surface area contributed by atoms with Gasteiger partial charge in [-0.25, -0.2) is 4.98 Å². The van der Waals surface area contributed by atoms with E-state index < -0.39 is 0 Å². The normalized spacial score (nSPS) is 12.3. The number of fused-ring (bicyclic) bond motifs is 2. The highest BCUT2D eigenvalue weighted by molar-refractivity contribution is 5.81. The van der Waals surface area contributed by atoms with E-state index in [0.29, 0.717) is 11.5 Å². The van der Waals surface area contributed by atoms with E-state index >= 15 is 0 Å². The first-order valence-corrected chi connectivity index (χ1v) is 8.74. The van der Waals surface area contributed by atoms with Gasteiger partial charge in [-0.15, -0.1) is 0 Å². The van der Waals surface area contributed by atoms with Crippen molar-refractivity contribution in [2.24, 2.45) is 0 Å². The number of pyridine rings is 1. The Morgan fingerprint density at radius 3 is 2.86 bits per heavy atom. The summed E-state index contributed by atoms with van der Waals surface area (Å²) in [5.41, 5.74) is 3.21. The van der Waals surface area contributed by atoms with Crippen molar-refractivity contribution in [2.75, 3.05) is 19.2 Å². The van der Waals surface area contributed by atoms with Gasteiger partial charge in [0.15, 0.2) is 23.0 Å². The number of methoxy groups -OCH3 is 1. The minimum Gasteiger partial charge on any atom is -0.504 e. The van der Waals surface area contributed by atoms with Crippen LogP contribution in [-0.4, -0.2) is 28.4 Å². The van der Waals surface area contributed by atoms with Crippen molar-refractivity contribution < 1.29 is 19.3 Å². The number of nitrogens with one attached hydrogen (secondary N) is 1. The molecule has 0 radical (unpaired) electrons. The summed E-state index contributed by atoms with van der Waals surface area (Å²) >= 11 is 0. The molecule has 1 aliphatic heterocycles. The van der Waals surface area contributed by atoms with Gasteiger partial charge in [0.2, 0.25) is 6.79 Å². The van der Waals surface area contributed by atoms with Crippen molar-refractivity contribution in [3.63, 3.8) is 0 Å². The quantitative estimate of drug-likeness (QED) is 0.557. The molecular formula is C21H17N3O4. The summed E-state index contributed by atoms with van der Waals surface area (Å²) in [4.78, 5) is 4.76. The second-order valence-electron chi connectivity index (χ2n) is 6.32. The fourth-order valence-electron chi connectivity index (χ4n) is 3.25. The highest BCUT2D eigenvalue weighted by Crippen LogP contribution is 2.38. The molecule has 0 saturated heterocycles. The van der Waals surface area contributed by atoms with Crippen LogP contribution in [0.3, 0.4) is 0 Å². The Morgan fingerprint density at radius 2 is 1.96 bits per heavy atom. The minimum atomic E-state index is 0.0836. The number of ether oxygens (including phenoxy) is 3. The molecule has 140 valence electrons. The van der Waals surface area contributed by atoms with Crippen LogP contribution in [0.25, 0.3) is 16.9 Å². The lowest BCUT2D eigenvalue weighted by atomic mass is 10.1. The van der Waals surface area contributed by atoms with Crippen LogP contribution in [0.2, 0.25) is 0 Å². The smallest absolute Gasteiger partial charge is 0.231 e. The first-order chi connectivity index (χ1) is 13.7. The van der Waals surface area contributed by atoms with Gasteiger partial charge in [0.05, 0.1) is 7.11 Å². The van der Waals surface area contributed by atoms with E-state index in [2.05, 4.69) is 5.32 Å². The maximum absolute atomic E-state index is 9.92. The molecule has 2 N–H and O–H groups in total. The topological polar surface area (TPSA) is 77.3 Å². The molecule has 0 aliphatic carbocycles. The number of aromatic hydroxyl groups is 1. The van der Waals surface area contributed by atoms with Gasteiger partial charge < -0.3 is 24.6 Å². The van der Waals surface area contributed by atoms with E-state index in [1.807, 2.05) is 53.1 Å². The number of imidazole rings is 1. The molecule has 2 aromatic carbocycles. The Labute approximate surface area is 160 Å². The molecule has 0 unspecified atom stereocenters. The zero-order valence-electron chi connectivity index (χ0n) is 15.0. The predicted molar refractivity (Wildman–Crippen MR) is 105 cm³/mol. The molecule has 0 atom stereocenters. The van der Waals surface area contributed by atoms with Gasteiger partial charge in [0.1, 0.15) is 17.2 Å². The number of nitrogens with zero attached hydrogens (tertiary/aromatic N) is 2. The number of hydrogen-bond donors (Lipinski definition) is 2. The van der Waals surface area contributed by atoms with E-state index in [0.717, 1.165) is 34.2 Å². The van der Waals surface area contributed by atoms with Crippen LogP contribution in [0.4, 0.5) is 11.5 Å². The summed E-state index contributed by atoms with van der Waals surface area (Å²) in [6.07, 6.45) is 1.94. The number of anilines is 2. The SMILES string of the molecule is COc1cc(-c2nc3ccccn3c2Nc2ccc3c(c2)OCO3)ccc1O. The van der Waals surface area contributed by atoms with E-state index in [1.54, 1.807) is 12.1 Å². The van der Waals surface area contributed by atoms with E-state index in [9.17, 15) is 5.11 Å². The van der Waals surface area contributed by atoms with Gasteiger partial charge in [0.25, 0.3) is 0 Å². The van der Waals surface area contributed by atoms with Crippen LogP contribution in [0.5, 0.6) is 23.0 Å². The molecular weight excluding hydrogens is 358 g/mol. The maximum atomic E-state index is 9.92. The molecule has 7 heteroatoms. The fraction of sp³-hybridized carbons (Fsp3) is 0.0952. The molecule has 4 aromatic rings. The third-order valence-electron chi connectivity index (χ3n) is 4.62. The number of hydrogen-bond acceptors (Lipinski definition) is 6. The molecule has 5 rings (SSSR count). The predicted octanol–water partition coefficient (Wildman–Crippen LogP) is 4.19. The molecule has 0 bridgehead atoms. The van der Waals surface area contributed by atoms with Crippen molar-refractivity contribution >= 4 is 17.2 Å². The Bertz CT molecular complexity index is 1190. The molecule has 7 nitrogen and oxygen atoms in total. The van der Waals surface area contributed by atoms with Crippen LogP contribution in [0, 0.1) is 0 Å². The number of phenols is 1. The molecule has 0 spiro atoms. The van der Waals surface area contributed by atoms with Gasteiger partial charge in [-0.1, -0.05) is 6.07 Å². The zero-order chi connectivity index (χ0) is 19.1. The lowest BCUT2D eigenvalue weighted by Gasteiger charge is -2.11. The summed E-state index contributed by atoms with van der Waals surface area (Å²) in [5.74, 6) is 2.70. The molecule has 2 aromatic heterocycles. The van der Waals surface area contributed by atoms with Gasteiger partial charge >= 0.3 is 0 Å². The highest BCUT2D eigenvalue weighted by Gasteiger charge is 2.18. The lowest BCUT2D eigenvalue weighted by Crippen LogP contribution is -1.97. The first kappa shape index (κ1) is 16.3. The van der Waals surface area contributed by atoms with Crippen LogP contribution >= 0.6 is 0 Å². The Balaban J connectivity index is 1.64. The Morgan fingerprint density at radius 1 is 1.07 bits per heavy atom. The third kappa shape index (κ3) is 2.64. The summed E-state index contributed by atoms with van der Waals surface area (Å²) in [6, 6.07) is 16.7. The number of benzene rings is 2. The molecule has 1 aliphatic rings. The Kier molecular flexibility index (Phi) is 3.72. The third-order valence-corrected chi connectivity index (χ3v) is 4.62. The summed E-state index contributed by atoms with van der Waals surface area (Å²) in [7, 11) is 1.52. The molecule has 0 saturated carbocycles. The van der Waals surface area contributed by atoms with Crippen molar-refractivity contribution in [1.82, 2.24) is 9.38 Å². The largest absolute Gasteiger partial charge is 0.504 e. The number of aromatic nitrogens is 2. The van der Waals surface area contributed by atoms with Crippen LogP contribution in [0.15, 0.2) is 60.8 Å². The summed E-state index contributed by atoms with van der Waals surface area (Å²) in [6.45, 7) is 0.229. The number of rotatable bonds is 4. The lowest BCUT2D eigenvalue weighted by molar-refractivity contribution is 0.174. The molecule has 3 heterocycles. The van der Waals surface area contributed by atoms with Crippen LogP contribution in [0.1, 0.15) is 0 Å². The standard InChI is InChI=1S/C21H17N3O4/c1-26-17-10-13(5-7-15(17)25)20-21(24-9-3-2-4-19(24)23-20)22-14-6-8-16-18(11-14)28-12-27-16/h2-11,22,25H,12H2,1H3. The van der Waals surface area contributed by atoms with Crippen molar-refractivity contribution in [2.45, 2.75) is 0 Å². The molecule has 0 amide bonds. The highest BCUT2D eigenvalue weighted by atomic mass is 16.7.